The van der Waals surface area contributed by atoms with E-state index < -0.39 is 4.92 Å². The lowest BCUT2D eigenvalue weighted by atomic mass is 10.2. The van der Waals surface area contributed by atoms with E-state index in [0.717, 1.165) is 0 Å². The molecule has 1 unspecified atom stereocenters. The van der Waals surface area contributed by atoms with Crippen LogP contribution < -0.4 is 15.8 Å². The van der Waals surface area contributed by atoms with Crippen LogP contribution in [0.3, 0.4) is 0 Å². The lowest BCUT2D eigenvalue weighted by molar-refractivity contribution is -0.384. The highest BCUT2D eigenvalue weighted by atomic mass is 16.6. The third-order valence-corrected chi connectivity index (χ3v) is 2.42. The summed E-state index contributed by atoms with van der Waals surface area (Å²) in [6, 6.07) is 5.87. The minimum atomic E-state index is -0.461. The molecule has 1 rings (SSSR count). The fraction of sp³-hybridized carbons (Fsp3) is 0.417. The first kappa shape index (κ1) is 14.9. The standard InChI is InChI=1S/C12H17N3O4/c1-9(8-12(13)16)14-6-7-19-11-4-2-10(3-5-11)15(17)18/h2-5,9,14H,6-8H2,1H3,(H2,13,16). The summed E-state index contributed by atoms with van der Waals surface area (Å²) < 4.78 is 5.39. The van der Waals surface area contributed by atoms with E-state index in [1.54, 1.807) is 12.1 Å². The highest BCUT2D eigenvalue weighted by Gasteiger charge is 2.06. The first-order valence-corrected chi connectivity index (χ1v) is 5.88. The van der Waals surface area contributed by atoms with E-state index in [1.807, 2.05) is 6.92 Å². The summed E-state index contributed by atoms with van der Waals surface area (Å²) in [4.78, 5) is 20.6. The maximum atomic E-state index is 10.6. The van der Waals surface area contributed by atoms with Crippen molar-refractivity contribution in [3.8, 4) is 5.75 Å². The number of nitrogens with zero attached hydrogens (tertiary/aromatic N) is 1. The zero-order chi connectivity index (χ0) is 14.3. The normalized spacial score (nSPS) is 11.8. The van der Waals surface area contributed by atoms with E-state index in [0.29, 0.717) is 18.9 Å². The number of nitro benzene ring substituents is 1. The van der Waals surface area contributed by atoms with Gasteiger partial charge in [-0.05, 0) is 19.1 Å². The number of carbonyl (C=O) groups is 1. The minimum absolute atomic E-state index is 0.00189. The van der Waals surface area contributed by atoms with Gasteiger partial charge < -0.3 is 15.8 Å². The molecule has 1 amide bonds. The van der Waals surface area contributed by atoms with Crippen LogP contribution in [0.25, 0.3) is 0 Å². The van der Waals surface area contributed by atoms with Crippen LogP contribution in [0.15, 0.2) is 24.3 Å². The zero-order valence-electron chi connectivity index (χ0n) is 10.7. The second-order valence-corrected chi connectivity index (χ2v) is 4.13. The van der Waals surface area contributed by atoms with Gasteiger partial charge in [-0.1, -0.05) is 0 Å². The molecule has 0 aliphatic carbocycles. The summed E-state index contributed by atoms with van der Waals surface area (Å²) in [6.45, 7) is 2.82. The van der Waals surface area contributed by atoms with Crippen molar-refractivity contribution < 1.29 is 14.5 Å². The molecule has 0 radical (unpaired) electrons. The molecule has 19 heavy (non-hydrogen) atoms. The molecule has 0 spiro atoms. The Kier molecular flexibility index (Phi) is 5.74. The highest BCUT2D eigenvalue weighted by molar-refractivity contribution is 5.74. The molecular formula is C12H17N3O4. The van der Waals surface area contributed by atoms with E-state index >= 15 is 0 Å². The summed E-state index contributed by atoms with van der Waals surface area (Å²) in [5, 5.41) is 13.5. The number of rotatable bonds is 8. The van der Waals surface area contributed by atoms with Gasteiger partial charge in [0.25, 0.3) is 5.69 Å². The molecule has 3 N–H and O–H groups in total. The predicted octanol–water partition coefficient (Wildman–Crippen LogP) is 0.827. The number of hydrogen-bond acceptors (Lipinski definition) is 5. The Morgan fingerprint density at radius 2 is 2.11 bits per heavy atom. The van der Waals surface area contributed by atoms with Crippen LogP contribution >= 0.6 is 0 Å². The predicted molar refractivity (Wildman–Crippen MR) is 69.9 cm³/mol. The average molecular weight is 267 g/mol. The molecule has 1 aromatic rings. The molecule has 0 bridgehead atoms. The van der Waals surface area contributed by atoms with Crippen LogP contribution in [0, 0.1) is 10.1 Å². The number of nitrogens with two attached hydrogens (primary N) is 1. The van der Waals surface area contributed by atoms with Crippen LogP contribution in [-0.4, -0.2) is 30.0 Å². The second kappa shape index (κ2) is 7.32. The maximum absolute atomic E-state index is 10.6. The molecule has 0 saturated carbocycles. The van der Waals surface area contributed by atoms with E-state index in [9.17, 15) is 14.9 Å². The molecule has 7 nitrogen and oxygen atoms in total. The van der Waals surface area contributed by atoms with Gasteiger partial charge in [0.2, 0.25) is 5.91 Å². The first-order valence-electron chi connectivity index (χ1n) is 5.88. The number of nitro groups is 1. The van der Waals surface area contributed by atoms with Gasteiger partial charge in [-0.2, -0.15) is 0 Å². The number of amides is 1. The molecule has 1 atom stereocenters. The van der Waals surface area contributed by atoms with Gasteiger partial charge in [-0.15, -0.1) is 0 Å². The van der Waals surface area contributed by atoms with Gasteiger partial charge in [0.15, 0.2) is 0 Å². The van der Waals surface area contributed by atoms with Crippen molar-refractivity contribution in [1.82, 2.24) is 5.32 Å². The van der Waals surface area contributed by atoms with Crippen molar-refractivity contribution in [3.63, 3.8) is 0 Å². The van der Waals surface area contributed by atoms with Gasteiger partial charge in [0.1, 0.15) is 12.4 Å². The Labute approximate surface area is 110 Å². The number of benzene rings is 1. The summed E-state index contributed by atoms with van der Waals surface area (Å²) in [6.07, 6.45) is 0.275. The number of hydrogen-bond donors (Lipinski definition) is 2. The highest BCUT2D eigenvalue weighted by Crippen LogP contribution is 2.16. The third kappa shape index (κ3) is 5.82. The van der Waals surface area contributed by atoms with E-state index in [1.165, 1.54) is 12.1 Å². The Hall–Kier alpha value is -2.15. The van der Waals surface area contributed by atoms with Crippen LogP contribution in [0.2, 0.25) is 0 Å². The summed E-state index contributed by atoms with van der Waals surface area (Å²) in [5.74, 6) is 0.214. The van der Waals surface area contributed by atoms with Crippen molar-refractivity contribution in [2.75, 3.05) is 13.2 Å². The van der Waals surface area contributed by atoms with Crippen LogP contribution in [0.1, 0.15) is 13.3 Å². The quantitative estimate of drug-likeness (QED) is 0.412. The van der Waals surface area contributed by atoms with E-state index in [4.69, 9.17) is 10.5 Å². The molecule has 1 aromatic carbocycles. The number of nitrogens with one attached hydrogen (secondary N) is 1. The lowest BCUT2D eigenvalue weighted by Crippen LogP contribution is -2.33. The Bertz CT molecular complexity index is 433. The molecular weight excluding hydrogens is 250 g/mol. The van der Waals surface area contributed by atoms with Gasteiger partial charge in [-0.25, -0.2) is 0 Å². The smallest absolute Gasteiger partial charge is 0.269 e. The first-order chi connectivity index (χ1) is 8.99. The SMILES string of the molecule is CC(CC(N)=O)NCCOc1ccc([N+](=O)[O-])cc1. The molecule has 0 fully saturated rings. The fourth-order valence-electron chi connectivity index (χ4n) is 1.51. The van der Waals surface area contributed by atoms with Crippen LogP contribution in [0.5, 0.6) is 5.75 Å². The van der Waals surface area contributed by atoms with Gasteiger partial charge in [0, 0.05) is 31.1 Å². The average Bonchev–Trinajstić information content (AvgIpc) is 2.34. The number of carbonyl (C=O) groups excluding carboxylic acids is 1. The van der Waals surface area contributed by atoms with Crippen molar-refractivity contribution in [2.24, 2.45) is 5.73 Å². The number of primary amides is 1. The minimum Gasteiger partial charge on any atom is -0.492 e. The molecule has 0 aliphatic heterocycles. The van der Waals surface area contributed by atoms with E-state index in [2.05, 4.69) is 5.32 Å². The number of ether oxygens (including phenoxy) is 1. The Morgan fingerprint density at radius 3 is 2.63 bits per heavy atom. The Morgan fingerprint density at radius 1 is 1.47 bits per heavy atom. The molecule has 104 valence electrons. The van der Waals surface area contributed by atoms with Crippen molar-refractivity contribution in [2.45, 2.75) is 19.4 Å². The van der Waals surface area contributed by atoms with Crippen molar-refractivity contribution >= 4 is 11.6 Å². The fourth-order valence-corrected chi connectivity index (χ4v) is 1.51. The largest absolute Gasteiger partial charge is 0.492 e. The molecule has 0 aliphatic rings. The third-order valence-electron chi connectivity index (χ3n) is 2.42. The summed E-state index contributed by atoms with van der Waals surface area (Å²) in [5.41, 5.74) is 5.09. The number of non-ortho nitro benzene ring substituents is 1. The van der Waals surface area contributed by atoms with Crippen molar-refractivity contribution in [3.05, 3.63) is 34.4 Å². The maximum Gasteiger partial charge on any atom is 0.269 e. The van der Waals surface area contributed by atoms with Crippen LogP contribution in [-0.2, 0) is 4.79 Å². The zero-order valence-corrected chi connectivity index (χ0v) is 10.7. The molecule has 0 aromatic heterocycles. The molecule has 0 saturated heterocycles. The van der Waals surface area contributed by atoms with E-state index in [-0.39, 0.29) is 24.1 Å². The monoisotopic (exact) mass is 267 g/mol. The lowest BCUT2D eigenvalue weighted by Gasteiger charge is -2.12. The topological polar surface area (TPSA) is 107 Å². The Balaban J connectivity index is 2.26. The summed E-state index contributed by atoms with van der Waals surface area (Å²) in [7, 11) is 0. The second-order valence-electron chi connectivity index (χ2n) is 4.13. The van der Waals surface area contributed by atoms with Crippen molar-refractivity contribution in [1.29, 1.82) is 0 Å². The molecule has 7 heteroatoms. The van der Waals surface area contributed by atoms with Gasteiger partial charge in [-0.3, -0.25) is 14.9 Å². The van der Waals surface area contributed by atoms with Gasteiger partial charge >= 0.3 is 0 Å². The molecule has 0 heterocycles. The van der Waals surface area contributed by atoms with Crippen LogP contribution in [0.4, 0.5) is 5.69 Å². The van der Waals surface area contributed by atoms with Gasteiger partial charge in [0.05, 0.1) is 4.92 Å². The summed E-state index contributed by atoms with van der Waals surface area (Å²) >= 11 is 0.